The van der Waals surface area contributed by atoms with Crippen LogP contribution in [0.3, 0.4) is 0 Å². The second kappa shape index (κ2) is 6.67. The fourth-order valence-corrected chi connectivity index (χ4v) is 4.18. The molecule has 0 amide bonds. The van der Waals surface area contributed by atoms with Gasteiger partial charge in [0.05, 0.1) is 23.4 Å². The third kappa shape index (κ3) is 3.86. The predicted molar refractivity (Wildman–Crippen MR) is 97.4 cm³/mol. The first-order valence-corrected chi connectivity index (χ1v) is 10.3. The Hall–Kier alpha value is -1.69. The van der Waals surface area contributed by atoms with Gasteiger partial charge in [-0.2, -0.15) is 5.26 Å². The van der Waals surface area contributed by atoms with Crippen molar-refractivity contribution in [1.82, 2.24) is 9.71 Å². The highest BCUT2D eigenvalue weighted by Gasteiger charge is 2.24. The number of pyridine rings is 1. The van der Waals surface area contributed by atoms with Gasteiger partial charge in [-0.3, -0.25) is 0 Å². The minimum atomic E-state index is -3.24. The van der Waals surface area contributed by atoms with Crippen molar-refractivity contribution in [2.75, 3.05) is 24.2 Å². The molecule has 1 aromatic carbocycles. The first-order valence-electron chi connectivity index (χ1n) is 7.58. The van der Waals surface area contributed by atoms with Crippen LogP contribution in [0.4, 0.5) is 5.82 Å². The number of nitriles is 1. The maximum Gasteiger partial charge on any atom is 0.209 e. The van der Waals surface area contributed by atoms with E-state index in [9.17, 15) is 13.7 Å². The molecule has 1 aromatic heterocycles. The Morgan fingerprint density at radius 3 is 2.92 bits per heavy atom. The van der Waals surface area contributed by atoms with E-state index in [1.165, 1.54) is 6.26 Å². The third-order valence-electron chi connectivity index (χ3n) is 4.00. The number of benzene rings is 1. The fraction of sp³-hybridized carbons (Fsp3) is 0.375. The summed E-state index contributed by atoms with van der Waals surface area (Å²) in [5.74, 6) is 0.710. The van der Waals surface area contributed by atoms with Crippen molar-refractivity contribution in [2.24, 2.45) is 0 Å². The highest BCUT2D eigenvalue weighted by molar-refractivity contribution is 9.10. The molecule has 1 fully saturated rings. The summed E-state index contributed by atoms with van der Waals surface area (Å²) < 4.78 is 26.5. The van der Waals surface area contributed by atoms with Gasteiger partial charge in [0, 0.05) is 29.0 Å². The molecule has 0 radical (unpaired) electrons. The standard InChI is InChI=1S/C16H17BrN4O2S/c1-24(22,23)20-13-3-2-6-21(10-13)16-7-11(9-18)14-8-12(17)4-5-15(14)19-16/h4-5,7-8,13,20H,2-3,6,10H2,1H3/t13-/m0/s1. The minimum Gasteiger partial charge on any atom is -0.355 e. The summed E-state index contributed by atoms with van der Waals surface area (Å²) in [6.07, 6.45) is 2.84. The van der Waals surface area contributed by atoms with Gasteiger partial charge in [-0.05, 0) is 37.1 Å². The van der Waals surface area contributed by atoms with Crippen LogP contribution in [-0.4, -0.2) is 38.8 Å². The number of hydrogen-bond donors (Lipinski definition) is 1. The summed E-state index contributed by atoms with van der Waals surface area (Å²) in [6, 6.07) is 9.52. The Balaban J connectivity index is 1.94. The van der Waals surface area contributed by atoms with E-state index in [4.69, 9.17) is 0 Å². The Morgan fingerprint density at radius 1 is 1.42 bits per heavy atom. The lowest BCUT2D eigenvalue weighted by Gasteiger charge is -2.33. The molecule has 0 spiro atoms. The minimum absolute atomic E-state index is 0.137. The van der Waals surface area contributed by atoms with Crippen LogP contribution < -0.4 is 9.62 Å². The van der Waals surface area contributed by atoms with Crippen LogP contribution in [0.2, 0.25) is 0 Å². The van der Waals surface area contributed by atoms with Crippen molar-refractivity contribution in [3.8, 4) is 6.07 Å². The Labute approximate surface area is 149 Å². The number of anilines is 1. The lowest BCUT2D eigenvalue weighted by atomic mass is 10.1. The molecule has 6 nitrogen and oxygen atoms in total. The molecule has 1 aliphatic heterocycles. The number of aromatic nitrogens is 1. The molecule has 8 heteroatoms. The number of halogens is 1. The smallest absolute Gasteiger partial charge is 0.209 e. The van der Waals surface area contributed by atoms with Crippen LogP contribution in [0, 0.1) is 11.3 Å². The fourth-order valence-electron chi connectivity index (χ4n) is 3.02. The van der Waals surface area contributed by atoms with Gasteiger partial charge in [-0.15, -0.1) is 0 Å². The van der Waals surface area contributed by atoms with Crippen molar-refractivity contribution in [2.45, 2.75) is 18.9 Å². The van der Waals surface area contributed by atoms with Crippen molar-refractivity contribution in [3.05, 3.63) is 34.3 Å². The van der Waals surface area contributed by atoms with Crippen LogP contribution in [0.15, 0.2) is 28.7 Å². The summed E-state index contributed by atoms with van der Waals surface area (Å²) >= 11 is 3.41. The van der Waals surface area contributed by atoms with E-state index in [2.05, 4.69) is 31.7 Å². The first-order chi connectivity index (χ1) is 11.4. The number of nitrogens with zero attached hydrogens (tertiary/aromatic N) is 3. The second-order valence-corrected chi connectivity index (χ2v) is 8.67. The second-order valence-electron chi connectivity index (χ2n) is 5.98. The molecule has 1 aliphatic rings. The SMILES string of the molecule is CS(=O)(=O)N[C@H]1CCCN(c2cc(C#N)c3cc(Br)ccc3n2)C1. The zero-order valence-corrected chi connectivity index (χ0v) is 15.6. The van der Waals surface area contributed by atoms with Crippen molar-refractivity contribution in [1.29, 1.82) is 5.26 Å². The molecule has 126 valence electrons. The summed E-state index contributed by atoms with van der Waals surface area (Å²) in [5.41, 5.74) is 1.32. The Kier molecular flexibility index (Phi) is 4.76. The van der Waals surface area contributed by atoms with E-state index in [-0.39, 0.29) is 6.04 Å². The van der Waals surface area contributed by atoms with E-state index in [0.29, 0.717) is 17.9 Å². The first kappa shape index (κ1) is 17.1. The molecule has 0 bridgehead atoms. The molecule has 0 saturated carbocycles. The molecule has 2 aromatic rings. The van der Waals surface area contributed by atoms with E-state index >= 15 is 0 Å². The molecule has 24 heavy (non-hydrogen) atoms. The molecular formula is C16H17BrN4O2S. The van der Waals surface area contributed by atoms with Crippen LogP contribution in [-0.2, 0) is 10.0 Å². The third-order valence-corrected chi connectivity index (χ3v) is 5.26. The summed E-state index contributed by atoms with van der Waals surface area (Å²) in [7, 11) is -3.24. The highest BCUT2D eigenvalue weighted by Crippen LogP contribution is 2.27. The Bertz CT molecular complexity index is 924. The lowest BCUT2D eigenvalue weighted by molar-refractivity contribution is 0.466. The number of sulfonamides is 1. The zero-order chi connectivity index (χ0) is 17.3. The van der Waals surface area contributed by atoms with Gasteiger partial charge in [0.2, 0.25) is 10.0 Å². The number of hydrogen-bond acceptors (Lipinski definition) is 5. The summed E-state index contributed by atoms with van der Waals surface area (Å²) in [4.78, 5) is 6.69. The van der Waals surface area contributed by atoms with Crippen LogP contribution in [0.25, 0.3) is 10.9 Å². The molecule has 2 heterocycles. The maximum absolute atomic E-state index is 11.5. The Morgan fingerprint density at radius 2 is 2.21 bits per heavy atom. The number of piperidine rings is 1. The highest BCUT2D eigenvalue weighted by atomic mass is 79.9. The van der Waals surface area contributed by atoms with Crippen LogP contribution in [0.5, 0.6) is 0 Å². The predicted octanol–water partition coefficient (Wildman–Crippen LogP) is 2.39. The zero-order valence-electron chi connectivity index (χ0n) is 13.2. The molecule has 3 rings (SSSR count). The van der Waals surface area contributed by atoms with Crippen LogP contribution in [0.1, 0.15) is 18.4 Å². The molecular weight excluding hydrogens is 392 g/mol. The van der Waals surface area contributed by atoms with Gasteiger partial charge >= 0.3 is 0 Å². The van der Waals surface area contributed by atoms with Gasteiger partial charge in [-0.1, -0.05) is 15.9 Å². The van der Waals surface area contributed by atoms with E-state index < -0.39 is 10.0 Å². The van der Waals surface area contributed by atoms with E-state index in [0.717, 1.165) is 34.8 Å². The average molecular weight is 409 g/mol. The normalized spacial score (nSPS) is 18.5. The van der Waals surface area contributed by atoms with Gasteiger partial charge < -0.3 is 4.90 Å². The molecule has 1 saturated heterocycles. The topological polar surface area (TPSA) is 86.1 Å². The van der Waals surface area contributed by atoms with Crippen molar-refractivity contribution >= 4 is 42.7 Å². The van der Waals surface area contributed by atoms with Crippen LogP contribution >= 0.6 is 15.9 Å². The van der Waals surface area contributed by atoms with E-state index in [1.54, 1.807) is 6.07 Å². The number of rotatable bonds is 3. The van der Waals surface area contributed by atoms with Crippen molar-refractivity contribution < 1.29 is 8.42 Å². The lowest BCUT2D eigenvalue weighted by Crippen LogP contribution is -2.47. The molecule has 1 N–H and O–H groups in total. The van der Waals surface area contributed by atoms with Crippen molar-refractivity contribution in [3.63, 3.8) is 0 Å². The van der Waals surface area contributed by atoms with Gasteiger partial charge in [0.15, 0.2) is 0 Å². The summed E-state index contributed by atoms with van der Waals surface area (Å²) in [6.45, 7) is 1.34. The molecule has 0 unspecified atom stereocenters. The monoisotopic (exact) mass is 408 g/mol. The number of nitrogens with one attached hydrogen (secondary N) is 1. The number of fused-ring (bicyclic) bond motifs is 1. The average Bonchev–Trinajstić information content (AvgIpc) is 2.52. The van der Waals surface area contributed by atoms with Gasteiger partial charge in [0.1, 0.15) is 5.82 Å². The summed E-state index contributed by atoms with van der Waals surface area (Å²) in [5, 5.41) is 10.3. The quantitative estimate of drug-likeness (QED) is 0.842. The maximum atomic E-state index is 11.5. The molecule has 0 aliphatic carbocycles. The van der Waals surface area contributed by atoms with Gasteiger partial charge in [0.25, 0.3) is 0 Å². The molecule has 1 atom stereocenters. The largest absolute Gasteiger partial charge is 0.355 e. The van der Waals surface area contributed by atoms with Gasteiger partial charge in [-0.25, -0.2) is 18.1 Å². The van der Waals surface area contributed by atoms with E-state index in [1.807, 2.05) is 23.1 Å².